The van der Waals surface area contributed by atoms with E-state index in [1.807, 2.05) is 32.0 Å². The van der Waals surface area contributed by atoms with E-state index in [9.17, 15) is 14.4 Å². The third kappa shape index (κ3) is 3.43. The van der Waals surface area contributed by atoms with Gasteiger partial charge >= 0.3 is 11.2 Å². The molecule has 0 aliphatic rings. The van der Waals surface area contributed by atoms with Crippen LogP contribution in [0.3, 0.4) is 0 Å². The van der Waals surface area contributed by atoms with Crippen molar-refractivity contribution in [1.29, 1.82) is 0 Å². The molecule has 7 heteroatoms. The van der Waals surface area contributed by atoms with Crippen LogP contribution in [-0.2, 0) is 11.3 Å². The molecule has 0 radical (unpaired) electrons. The Morgan fingerprint density at radius 1 is 0.909 bits per heavy atom. The van der Waals surface area contributed by atoms with Crippen molar-refractivity contribution < 1.29 is 9.21 Å². The quantitative estimate of drug-likeness (QED) is 0.456. The van der Waals surface area contributed by atoms with Crippen molar-refractivity contribution in [3.05, 3.63) is 105 Å². The van der Waals surface area contributed by atoms with Crippen LogP contribution in [0.4, 0.5) is 5.69 Å². The van der Waals surface area contributed by atoms with Gasteiger partial charge in [0.25, 0.3) is 0 Å². The van der Waals surface area contributed by atoms with E-state index in [2.05, 4.69) is 5.32 Å². The minimum absolute atomic E-state index is 0.0270. The van der Waals surface area contributed by atoms with Crippen molar-refractivity contribution in [2.75, 3.05) is 5.32 Å². The fraction of sp³-hybridized carbons (Fsp3) is 0.115. The molecule has 0 saturated heterocycles. The van der Waals surface area contributed by atoms with Gasteiger partial charge in [0.05, 0.1) is 5.69 Å². The fourth-order valence-corrected chi connectivity index (χ4v) is 4.02. The van der Waals surface area contributed by atoms with Crippen molar-refractivity contribution in [1.82, 2.24) is 9.13 Å². The minimum Gasteiger partial charge on any atom is -0.449 e. The number of para-hydroxylation sites is 2. The third-order valence-electron chi connectivity index (χ3n) is 5.85. The number of hydrogen-bond donors (Lipinski definition) is 1. The van der Waals surface area contributed by atoms with Gasteiger partial charge in [-0.05, 0) is 55.3 Å². The van der Waals surface area contributed by atoms with E-state index in [-0.39, 0.29) is 18.0 Å². The molecule has 0 spiro atoms. The zero-order chi connectivity index (χ0) is 23.1. The molecular weight excluding hydrogens is 418 g/mol. The summed E-state index contributed by atoms with van der Waals surface area (Å²) in [5, 5.41) is 3.49. The number of aromatic nitrogens is 2. The summed E-state index contributed by atoms with van der Waals surface area (Å²) in [4.78, 5) is 39.9. The summed E-state index contributed by atoms with van der Waals surface area (Å²) in [5.41, 5.74) is 2.71. The summed E-state index contributed by atoms with van der Waals surface area (Å²) < 4.78 is 8.19. The number of benzene rings is 3. The van der Waals surface area contributed by atoms with Gasteiger partial charge in [0, 0.05) is 11.1 Å². The van der Waals surface area contributed by atoms with Crippen LogP contribution in [0, 0.1) is 13.8 Å². The summed E-state index contributed by atoms with van der Waals surface area (Å²) in [5.74, 6) is -0.379. The van der Waals surface area contributed by atoms with Crippen molar-refractivity contribution in [3.8, 4) is 5.69 Å². The van der Waals surface area contributed by atoms with Crippen LogP contribution >= 0.6 is 0 Å². The number of anilines is 1. The maximum atomic E-state index is 13.6. The molecule has 33 heavy (non-hydrogen) atoms. The number of rotatable bonds is 4. The lowest BCUT2D eigenvalue weighted by Gasteiger charge is -2.14. The zero-order valence-corrected chi connectivity index (χ0v) is 18.2. The van der Waals surface area contributed by atoms with Gasteiger partial charge in [-0.2, -0.15) is 0 Å². The van der Waals surface area contributed by atoms with E-state index in [1.165, 1.54) is 4.57 Å². The monoisotopic (exact) mass is 439 g/mol. The lowest BCUT2D eigenvalue weighted by Crippen LogP contribution is -2.40. The van der Waals surface area contributed by atoms with E-state index in [0.29, 0.717) is 27.9 Å². The topological polar surface area (TPSA) is 86.2 Å². The molecule has 2 heterocycles. The van der Waals surface area contributed by atoms with Gasteiger partial charge in [-0.25, -0.2) is 9.36 Å². The van der Waals surface area contributed by atoms with Gasteiger partial charge in [0.2, 0.25) is 11.5 Å². The van der Waals surface area contributed by atoms with Crippen LogP contribution in [0.25, 0.3) is 27.8 Å². The predicted octanol–water partition coefficient (Wildman–Crippen LogP) is 4.15. The SMILES string of the molecule is Cc1cccc(NC(=O)Cn2c(=O)n(-c3ccccc3)c(=O)c3oc4ccccc4c32)c1C. The van der Waals surface area contributed by atoms with Crippen molar-refractivity contribution in [2.45, 2.75) is 20.4 Å². The summed E-state index contributed by atoms with van der Waals surface area (Å²) in [6.07, 6.45) is 0. The molecular formula is C26H21N3O4. The second-order valence-corrected chi connectivity index (χ2v) is 7.92. The summed E-state index contributed by atoms with van der Waals surface area (Å²) in [6, 6.07) is 21.3. The highest BCUT2D eigenvalue weighted by molar-refractivity contribution is 6.03. The number of amides is 1. The van der Waals surface area contributed by atoms with E-state index in [0.717, 1.165) is 15.7 Å². The Morgan fingerprint density at radius 3 is 2.42 bits per heavy atom. The second-order valence-electron chi connectivity index (χ2n) is 7.92. The number of carbonyl (C=O) groups is 1. The molecule has 0 bridgehead atoms. The smallest absolute Gasteiger partial charge is 0.336 e. The number of fused-ring (bicyclic) bond motifs is 3. The number of nitrogens with one attached hydrogen (secondary N) is 1. The van der Waals surface area contributed by atoms with Crippen molar-refractivity contribution in [3.63, 3.8) is 0 Å². The highest BCUT2D eigenvalue weighted by Crippen LogP contribution is 2.26. The van der Waals surface area contributed by atoms with Gasteiger partial charge in [-0.15, -0.1) is 0 Å². The standard InChI is InChI=1S/C26H21N3O4/c1-16-9-8-13-20(17(16)2)27-22(30)15-28-23-19-12-6-7-14-21(19)33-24(23)25(31)29(26(28)32)18-10-4-3-5-11-18/h3-14H,15H2,1-2H3,(H,27,30). The van der Waals surface area contributed by atoms with E-state index < -0.39 is 11.2 Å². The number of furan rings is 1. The minimum atomic E-state index is -0.610. The molecule has 2 aromatic heterocycles. The van der Waals surface area contributed by atoms with Gasteiger partial charge in [0.15, 0.2) is 0 Å². The molecule has 0 aliphatic heterocycles. The van der Waals surface area contributed by atoms with Gasteiger partial charge in [-0.3, -0.25) is 14.2 Å². The van der Waals surface area contributed by atoms with Crippen LogP contribution in [0.2, 0.25) is 0 Å². The molecule has 3 aromatic carbocycles. The lowest BCUT2D eigenvalue weighted by molar-refractivity contribution is -0.116. The Balaban J connectivity index is 1.71. The molecule has 7 nitrogen and oxygen atoms in total. The first-order valence-corrected chi connectivity index (χ1v) is 10.5. The summed E-state index contributed by atoms with van der Waals surface area (Å²) in [7, 11) is 0. The fourth-order valence-electron chi connectivity index (χ4n) is 4.02. The Kier molecular flexibility index (Phi) is 4.94. The molecule has 1 N–H and O–H groups in total. The molecule has 1 amide bonds. The molecule has 0 aliphatic carbocycles. The first-order valence-electron chi connectivity index (χ1n) is 10.5. The maximum Gasteiger partial charge on any atom is 0.336 e. The largest absolute Gasteiger partial charge is 0.449 e. The van der Waals surface area contributed by atoms with Crippen molar-refractivity contribution in [2.24, 2.45) is 0 Å². The Morgan fingerprint density at radius 2 is 1.64 bits per heavy atom. The second kappa shape index (κ2) is 7.94. The van der Waals surface area contributed by atoms with Gasteiger partial charge in [0.1, 0.15) is 17.6 Å². The zero-order valence-electron chi connectivity index (χ0n) is 18.2. The Hall–Kier alpha value is -4.39. The Labute approximate surface area is 188 Å². The molecule has 5 rings (SSSR count). The van der Waals surface area contributed by atoms with E-state index in [1.54, 1.807) is 54.6 Å². The van der Waals surface area contributed by atoms with Gasteiger partial charge < -0.3 is 9.73 Å². The molecule has 0 saturated carbocycles. The maximum absolute atomic E-state index is 13.6. The van der Waals surface area contributed by atoms with E-state index in [4.69, 9.17) is 4.42 Å². The predicted molar refractivity (Wildman–Crippen MR) is 128 cm³/mol. The average Bonchev–Trinajstić information content (AvgIpc) is 3.20. The van der Waals surface area contributed by atoms with Crippen LogP contribution < -0.4 is 16.6 Å². The van der Waals surface area contributed by atoms with Crippen LogP contribution in [0.5, 0.6) is 0 Å². The lowest BCUT2D eigenvalue weighted by atomic mass is 10.1. The molecule has 0 fully saturated rings. The average molecular weight is 439 g/mol. The van der Waals surface area contributed by atoms with Crippen LogP contribution in [0.1, 0.15) is 11.1 Å². The number of aryl methyl sites for hydroxylation is 1. The first-order chi connectivity index (χ1) is 16.0. The van der Waals surface area contributed by atoms with E-state index >= 15 is 0 Å². The Bertz CT molecular complexity index is 1640. The van der Waals surface area contributed by atoms with Crippen molar-refractivity contribution >= 4 is 33.7 Å². The summed E-state index contributed by atoms with van der Waals surface area (Å²) >= 11 is 0. The summed E-state index contributed by atoms with van der Waals surface area (Å²) in [6.45, 7) is 3.61. The van der Waals surface area contributed by atoms with Crippen LogP contribution in [-0.4, -0.2) is 15.0 Å². The van der Waals surface area contributed by atoms with Crippen LogP contribution in [0.15, 0.2) is 86.8 Å². The van der Waals surface area contributed by atoms with Gasteiger partial charge in [-0.1, -0.05) is 42.5 Å². The number of carbonyl (C=O) groups excluding carboxylic acids is 1. The highest BCUT2D eigenvalue weighted by Gasteiger charge is 2.22. The number of hydrogen-bond acceptors (Lipinski definition) is 4. The first kappa shape index (κ1) is 20.5. The molecule has 0 atom stereocenters. The number of nitrogens with zero attached hydrogens (tertiary/aromatic N) is 2. The third-order valence-corrected chi connectivity index (χ3v) is 5.85. The molecule has 5 aromatic rings. The molecule has 164 valence electrons. The normalized spacial score (nSPS) is 11.2. The molecule has 0 unspecified atom stereocenters. The highest BCUT2D eigenvalue weighted by atomic mass is 16.3.